The van der Waals surface area contributed by atoms with Gasteiger partial charge in [0.2, 0.25) is 0 Å². The van der Waals surface area contributed by atoms with Gasteiger partial charge in [0.15, 0.2) is 0 Å². The van der Waals surface area contributed by atoms with E-state index in [4.69, 9.17) is 13.3 Å². The third-order valence-corrected chi connectivity index (χ3v) is 4.12. The zero-order valence-electron chi connectivity index (χ0n) is 10.1. The second-order valence-corrected chi connectivity index (χ2v) is 6.08. The average molecular weight is 232 g/mol. The lowest BCUT2D eigenvalue weighted by Crippen LogP contribution is -2.42. The summed E-state index contributed by atoms with van der Waals surface area (Å²) in [6.45, 7) is 5.47. The highest BCUT2D eigenvalue weighted by atomic mass is 28.4. The van der Waals surface area contributed by atoms with Gasteiger partial charge in [0.05, 0.1) is 0 Å². The van der Waals surface area contributed by atoms with E-state index in [2.05, 4.69) is 6.92 Å². The normalized spacial score (nSPS) is 12.7. The number of hydrogen-bond donors (Lipinski definition) is 0. The molecule has 5 heteroatoms. The van der Waals surface area contributed by atoms with Crippen molar-refractivity contribution >= 4 is 14.8 Å². The van der Waals surface area contributed by atoms with Gasteiger partial charge in [-0.2, -0.15) is 0 Å². The average Bonchev–Trinajstić information content (AvgIpc) is 2.25. The van der Waals surface area contributed by atoms with Gasteiger partial charge in [0.25, 0.3) is 0 Å². The molecule has 0 heterocycles. The topological polar surface area (TPSA) is 44.8 Å². The molecule has 0 spiro atoms. The maximum atomic E-state index is 11.6. The van der Waals surface area contributed by atoms with Gasteiger partial charge in [-0.1, -0.05) is 19.4 Å². The number of carbonyl (C=O) groups is 1. The molecule has 0 aromatic rings. The van der Waals surface area contributed by atoms with Crippen molar-refractivity contribution in [3.63, 3.8) is 0 Å². The van der Waals surface area contributed by atoms with E-state index in [0.29, 0.717) is 5.57 Å². The van der Waals surface area contributed by atoms with Crippen LogP contribution in [-0.4, -0.2) is 29.0 Å². The summed E-state index contributed by atoms with van der Waals surface area (Å²) in [5.41, 5.74) is 0.602. The molecule has 0 aromatic heterocycles. The fraction of sp³-hybridized carbons (Fsp3) is 0.700. The lowest BCUT2D eigenvalue weighted by Gasteiger charge is -2.21. The van der Waals surface area contributed by atoms with Gasteiger partial charge in [-0.3, -0.25) is 0 Å². The molecule has 4 nitrogen and oxygen atoms in total. The van der Waals surface area contributed by atoms with E-state index in [-0.39, 0.29) is 5.97 Å². The Balaban J connectivity index is 4.35. The van der Waals surface area contributed by atoms with E-state index >= 15 is 0 Å². The van der Waals surface area contributed by atoms with E-state index in [1.807, 2.05) is 6.08 Å². The van der Waals surface area contributed by atoms with Gasteiger partial charge in [-0.25, -0.2) is 4.79 Å². The van der Waals surface area contributed by atoms with Crippen LogP contribution in [0, 0.1) is 0 Å². The number of rotatable bonds is 6. The molecule has 0 aliphatic heterocycles. The van der Waals surface area contributed by atoms with Crippen LogP contribution in [0.25, 0.3) is 0 Å². The Labute approximate surface area is 92.6 Å². The van der Waals surface area contributed by atoms with Crippen LogP contribution < -0.4 is 0 Å². The maximum absolute atomic E-state index is 11.6. The van der Waals surface area contributed by atoms with Crippen molar-refractivity contribution < 1.29 is 18.1 Å². The van der Waals surface area contributed by atoms with Gasteiger partial charge < -0.3 is 13.3 Å². The van der Waals surface area contributed by atoms with Crippen LogP contribution in [0.1, 0.15) is 26.7 Å². The van der Waals surface area contributed by atoms with Crippen LogP contribution in [0.2, 0.25) is 6.55 Å². The monoisotopic (exact) mass is 232 g/mol. The van der Waals surface area contributed by atoms with Gasteiger partial charge in [0, 0.05) is 26.3 Å². The lowest BCUT2D eigenvalue weighted by atomic mass is 10.2. The highest BCUT2D eigenvalue weighted by molar-refractivity contribution is 6.61. The fourth-order valence-corrected chi connectivity index (χ4v) is 1.69. The first kappa shape index (κ1) is 14.3. The molecule has 0 aromatic carbocycles. The molecule has 0 unspecified atom stereocenters. The Kier molecular flexibility index (Phi) is 6.47. The highest BCUT2D eigenvalue weighted by Gasteiger charge is 2.36. The zero-order valence-corrected chi connectivity index (χ0v) is 11.1. The number of hydrogen-bond acceptors (Lipinski definition) is 4. The summed E-state index contributed by atoms with van der Waals surface area (Å²) in [6, 6.07) is 0. The predicted octanol–water partition coefficient (Wildman–Crippen LogP) is 2.14. The molecule has 0 N–H and O–H groups in total. The molecule has 0 atom stereocenters. The van der Waals surface area contributed by atoms with Crippen LogP contribution in [0.3, 0.4) is 0 Å². The molecule has 0 radical (unpaired) electrons. The minimum Gasteiger partial charge on any atom is -0.470 e. The van der Waals surface area contributed by atoms with Crippen LogP contribution in [0.5, 0.6) is 0 Å². The SMILES string of the molecule is CCCC=C(C)C(=O)O[Si](C)(OC)OC. The van der Waals surface area contributed by atoms with E-state index in [0.717, 1.165) is 12.8 Å². The minimum atomic E-state index is -2.75. The molecule has 15 heavy (non-hydrogen) atoms. The smallest absolute Gasteiger partial charge is 0.470 e. The highest BCUT2D eigenvalue weighted by Crippen LogP contribution is 2.10. The van der Waals surface area contributed by atoms with Crippen LogP contribution in [-0.2, 0) is 18.1 Å². The quantitative estimate of drug-likeness (QED) is 0.520. The fourth-order valence-electron chi connectivity index (χ4n) is 0.860. The Morgan fingerprint density at radius 1 is 1.33 bits per heavy atom. The van der Waals surface area contributed by atoms with Gasteiger partial charge in [0.1, 0.15) is 0 Å². The van der Waals surface area contributed by atoms with E-state index in [1.54, 1.807) is 13.5 Å². The summed E-state index contributed by atoms with van der Waals surface area (Å²) in [5, 5.41) is 0. The van der Waals surface area contributed by atoms with Gasteiger partial charge >= 0.3 is 14.8 Å². The molecule has 0 fully saturated rings. The van der Waals surface area contributed by atoms with Crippen molar-refractivity contribution in [2.45, 2.75) is 33.2 Å². The summed E-state index contributed by atoms with van der Waals surface area (Å²) < 4.78 is 15.3. The summed E-state index contributed by atoms with van der Waals surface area (Å²) in [4.78, 5) is 11.6. The molecular formula is C10H20O4Si. The largest absolute Gasteiger partial charge is 0.564 e. The van der Waals surface area contributed by atoms with Gasteiger partial charge in [-0.15, -0.1) is 0 Å². The maximum Gasteiger partial charge on any atom is 0.564 e. The summed E-state index contributed by atoms with van der Waals surface area (Å²) in [5.74, 6) is -0.360. The molecule has 0 bridgehead atoms. The van der Waals surface area contributed by atoms with Crippen LogP contribution in [0.15, 0.2) is 11.6 Å². The number of carbonyl (C=O) groups excluding carboxylic acids is 1. The summed E-state index contributed by atoms with van der Waals surface area (Å²) >= 11 is 0. The van der Waals surface area contributed by atoms with Crippen molar-refractivity contribution in [2.75, 3.05) is 14.2 Å². The van der Waals surface area contributed by atoms with E-state index < -0.39 is 8.80 Å². The molecule has 0 saturated heterocycles. The predicted molar refractivity (Wildman–Crippen MR) is 60.4 cm³/mol. The van der Waals surface area contributed by atoms with Crippen molar-refractivity contribution in [3.05, 3.63) is 11.6 Å². The molecule has 0 aliphatic carbocycles. The summed E-state index contributed by atoms with van der Waals surface area (Å²) in [6.07, 6.45) is 3.75. The number of allylic oxidation sites excluding steroid dienone is 1. The van der Waals surface area contributed by atoms with Crippen LogP contribution in [0.4, 0.5) is 0 Å². The first-order valence-corrected chi connectivity index (χ1v) is 7.22. The third-order valence-electron chi connectivity index (χ3n) is 2.08. The van der Waals surface area contributed by atoms with Crippen molar-refractivity contribution in [1.29, 1.82) is 0 Å². The van der Waals surface area contributed by atoms with E-state index in [9.17, 15) is 4.79 Å². The van der Waals surface area contributed by atoms with Gasteiger partial charge in [-0.05, 0) is 13.3 Å². The molecule has 0 rings (SSSR count). The molecule has 0 saturated carbocycles. The second kappa shape index (κ2) is 6.76. The Bertz CT molecular complexity index is 234. The van der Waals surface area contributed by atoms with E-state index in [1.165, 1.54) is 14.2 Å². The van der Waals surface area contributed by atoms with Crippen molar-refractivity contribution in [3.8, 4) is 0 Å². The summed E-state index contributed by atoms with van der Waals surface area (Å²) in [7, 11) is 0.208. The van der Waals surface area contributed by atoms with Crippen molar-refractivity contribution in [2.24, 2.45) is 0 Å². The first-order valence-electron chi connectivity index (χ1n) is 4.99. The third kappa shape index (κ3) is 5.11. The molecular weight excluding hydrogens is 212 g/mol. The second-order valence-electron chi connectivity index (χ2n) is 3.34. The lowest BCUT2D eigenvalue weighted by molar-refractivity contribution is -0.134. The molecule has 88 valence electrons. The zero-order chi connectivity index (χ0) is 11.9. The van der Waals surface area contributed by atoms with Crippen LogP contribution >= 0.6 is 0 Å². The molecule has 0 amide bonds. The Morgan fingerprint density at radius 3 is 2.27 bits per heavy atom. The standard InChI is InChI=1S/C10H20O4Si/c1-6-7-8-9(2)10(11)14-15(5,12-3)13-4/h8H,6-7H2,1-5H3. The Morgan fingerprint density at radius 2 is 1.87 bits per heavy atom. The first-order chi connectivity index (χ1) is 6.99. The van der Waals surface area contributed by atoms with Crippen molar-refractivity contribution in [1.82, 2.24) is 0 Å². The molecule has 0 aliphatic rings. The number of unbranched alkanes of at least 4 members (excludes halogenated alkanes) is 1. The Hall–Kier alpha value is -0.653. The minimum absolute atomic E-state index is 0.360.